The maximum atomic E-state index is 12.8. The molecule has 0 aromatic rings. The van der Waals surface area contributed by atoms with E-state index in [9.17, 15) is 4.79 Å². The van der Waals surface area contributed by atoms with Gasteiger partial charge in [-0.2, -0.15) is 0 Å². The third-order valence-corrected chi connectivity index (χ3v) is 13.1. The van der Waals surface area contributed by atoms with Gasteiger partial charge in [-0.15, -0.1) is 0 Å². The van der Waals surface area contributed by atoms with Crippen molar-refractivity contribution < 1.29 is 14.3 Å². The number of hydrogen-bond donors (Lipinski definition) is 6. The molecule has 8 atom stereocenters. The first-order valence-electron chi connectivity index (χ1n) is 19.2. The molecule has 0 bridgehead atoms. The number of fused-ring (bicyclic) bond motifs is 5. The molecule has 4 aliphatic carbocycles. The van der Waals surface area contributed by atoms with Crippen LogP contribution in [0.5, 0.6) is 0 Å². The third-order valence-electron chi connectivity index (χ3n) is 13.1. The van der Waals surface area contributed by atoms with Crippen LogP contribution in [-0.2, 0) is 9.47 Å². The number of rotatable bonds is 17. The number of hydrogen-bond acceptors (Lipinski definition) is 6. The summed E-state index contributed by atoms with van der Waals surface area (Å²) in [6.45, 7) is 16.1. The van der Waals surface area contributed by atoms with Gasteiger partial charge in [0.05, 0.1) is 0 Å². The molecule has 10 nitrogen and oxygen atoms in total. The van der Waals surface area contributed by atoms with Gasteiger partial charge in [0.25, 0.3) is 0 Å². The molecule has 0 aliphatic heterocycles. The van der Waals surface area contributed by atoms with Crippen LogP contribution in [0.4, 0.5) is 4.79 Å². The van der Waals surface area contributed by atoms with Crippen molar-refractivity contribution in [1.29, 1.82) is 10.8 Å². The molecule has 4 aliphatic rings. The van der Waals surface area contributed by atoms with Gasteiger partial charge < -0.3 is 31.6 Å². The van der Waals surface area contributed by atoms with Gasteiger partial charge in [0.15, 0.2) is 11.9 Å². The Morgan fingerprint density at radius 1 is 0.938 bits per heavy atom. The van der Waals surface area contributed by atoms with Crippen molar-refractivity contribution >= 4 is 18.1 Å². The van der Waals surface area contributed by atoms with Gasteiger partial charge in [-0.1, -0.05) is 65.5 Å². The third kappa shape index (κ3) is 9.81. The minimum atomic E-state index is -0.567. The molecule has 48 heavy (non-hydrogen) atoms. The van der Waals surface area contributed by atoms with Crippen LogP contribution in [0.2, 0.25) is 0 Å². The van der Waals surface area contributed by atoms with E-state index in [0.29, 0.717) is 25.0 Å². The molecule has 3 saturated carbocycles. The highest BCUT2D eigenvalue weighted by atomic mass is 16.7. The Hall–Kier alpha value is -2.49. The molecule has 4 rings (SSSR count). The van der Waals surface area contributed by atoms with Crippen molar-refractivity contribution in [3.8, 4) is 0 Å². The van der Waals surface area contributed by atoms with E-state index in [1.54, 1.807) is 0 Å². The minimum Gasteiger partial charge on any atom is -0.433 e. The van der Waals surface area contributed by atoms with Crippen LogP contribution in [0.15, 0.2) is 11.6 Å². The first-order chi connectivity index (χ1) is 22.8. The van der Waals surface area contributed by atoms with Crippen molar-refractivity contribution in [3.05, 3.63) is 11.6 Å². The van der Waals surface area contributed by atoms with E-state index < -0.39 is 6.16 Å². The molecule has 10 heteroatoms. The van der Waals surface area contributed by atoms with Gasteiger partial charge in [0, 0.05) is 26.1 Å². The fraction of sp³-hybridized carbons (Fsp3) is 0.868. The van der Waals surface area contributed by atoms with E-state index in [2.05, 4.69) is 56.2 Å². The van der Waals surface area contributed by atoms with Crippen LogP contribution in [0, 0.1) is 57.2 Å². The Bertz CT molecular complexity index is 1090. The number of ether oxygens (including phenoxy) is 2. The van der Waals surface area contributed by atoms with E-state index in [1.165, 1.54) is 56.9 Å². The summed E-state index contributed by atoms with van der Waals surface area (Å²) >= 11 is 0. The number of allylic oxidation sites excluding steroid dienone is 1. The molecule has 3 fully saturated rings. The lowest BCUT2D eigenvalue weighted by Gasteiger charge is -2.58. The maximum Gasteiger partial charge on any atom is 0.508 e. The summed E-state index contributed by atoms with van der Waals surface area (Å²) in [5, 5.41) is 20.3. The molecule has 8 N–H and O–H groups in total. The SMILES string of the molecule is CC(C)CCC[C@@H](C)[C@H]1CC[C@H]2C3CC=C4C[C@@H](OC(=O)OCCN(CCCNC(=N)N)CCCNC(=N)N)CC[C@]4(C)[C@H]3CC[C@]12C. The zero-order valence-corrected chi connectivity index (χ0v) is 30.9. The standard InChI is InChI=1S/C38H69N7O3/c1-26(2)9-6-10-27(3)31-13-14-32-30-12-11-28-25-29(15-17-37(28,4)33(30)16-18-38(31,32)5)48-36(46)47-24-23-45(21-7-19-43-34(39)40)22-8-20-44-35(41)42/h11,26-27,29-33H,6-10,12-25H2,1-5H3,(H4,39,40,43)(H4,41,42,44)/t27-,29+,30?,31-,32+,33+,37+,38-/m1/s1. The van der Waals surface area contributed by atoms with Crippen LogP contribution < -0.4 is 22.1 Å². The highest BCUT2D eigenvalue weighted by Gasteiger charge is 2.59. The van der Waals surface area contributed by atoms with E-state index in [-0.39, 0.29) is 30.0 Å². The summed E-state index contributed by atoms with van der Waals surface area (Å²) < 4.78 is 11.5. The number of carbonyl (C=O) groups excluding carboxylic acids is 1. The lowest BCUT2D eigenvalue weighted by atomic mass is 9.47. The monoisotopic (exact) mass is 672 g/mol. The highest BCUT2D eigenvalue weighted by molar-refractivity contribution is 5.74. The first kappa shape index (κ1) is 38.3. The molecular formula is C38H69N7O3. The molecule has 1 unspecified atom stereocenters. The largest absolute Gasteiger partial charge is 0.508 e. The van der Waals surface area contributed by atoms with Crippen molar-refractivity contribution in [2.75, 3.05) is 39.3 Å². The van der Waals surface area contributed by atoms with Gasteiger partial charge in [-0.3, -0.25) is 15.7 Å². The molecule has 0 radical (unpaired) electrons. The Kier molecular flexibility index (Phi) is 13.9. The fourth-order valence-electron chi connectivity index (χ4n) is 10.6. The maximum absolute atomic E-state index is 12.8. The summed E-state index contributed by atoms with van der Waals surface area (Å²) in [7, 11) is 0. The topological polar surface area (TPSA) is 163 Å². The number of nitrogens with two attached hydrogens (primary N) is 2. The Morgan fingerprint density at radius 3 is 2.27 bits per heavy atom. The van der Waals surface area contributed by atoms with Crippen molar-refractivity contribution in [2.24, 2.45) is 57.8 Å². The lowest BCUT2D eigenvalue weighted by molar-refractivity contribution is -0.0619. The predicted octanol–water partition coefficient (Wildman–Crippen LogP) is 6.60. The van der Waals surface area contributed by atoms with E-state index in [1.807, 2.05) is 0 Å². The predicted molar refractivity (Wildman–Crippen MR) is 195 cm³/mol. The molecule has 0 heterocycles. The smallest absolute Gasteiger partial charge is 0.433 e. The molecule has 0 amide bonds. The van der Waals surface area contributed by atoms with E-state index in [0.717, 1.165) is 80.7 Å². The first-order valence-corrected chi connectivity index (χ1v) is 19.2. The van der Waals surface area contributed by atoms with Crippen molar-refractivity contribution in [1.82, 2.24) is 15.5 Å². The minimum absolute atomic E-state index is 0.0354. The molecule has 274 valence electrons. The second kappa shape index (κ2) is 17.4. The normalized spacial score (nSPS) is 31.6. The number of nitrogens with zero attached hydrogens (tertiary/aromatic N) is 1. The van der Waals surface area contributed by atoms with Crippen LogP contribution in [0.1, 0.15) is 118 Å². The van der Waals surface area contributed by atoms with Gasteiger partial charge in [-0.05, 0) is 117 Å². The van der Waals surface area contributed by atoms with Gasteiger partial charge in [0.1, 0.15) is 12.7 Å². The van der Waals surface area contributed by atoms with E-state index in [4.69, 9.17) is 31.8 Å². The second-order valence-corrected chi connectivity index (χ2v) is 16.6. The molecule has 0 saturated heterocycles. The van der Waals surface area contributed by atoms with Crippen LogP contribution in [-0.4, -0.2) is 68.4 Å². The molecule has 0 aromatic carbocycles. The van der Waals surface area contributed by atoms with Gasteiger partial charge in [0.2, 0.25) is 0 Å². The van der Waals surface area contributed by atoms with Crippen LogP contribution >= 0.6 is 0 Å². The average molecular weight is 672 g/mol. The lowest BCUT2D eigenvalue weighted by Crippen LogP contribution is -2.51. The number of carbonyl (C=O) groups is 1. The Labute approximate surface area is 291 Å². The highest BCUT2D eigenvalue weighted by Crippen LogP contribution is 2.67. The quantitative estimate of drug-likeness (QED) is 0.0331. The summed E-state index contributed by atoms with van der Waals surface area (Å²) in [6.07, 6.45) is 17.2. The molecule has 0 spiro atoms. The fourth-order valence-corrected chi connectivity index (χ4v) is 10.6. The van der Waals surface area contributed by atoms with Crippen LogP contribution in [0.3, 0.4) is 0 Å². The summed E-state index contributed by atoms with van der Waals surface area (Å²) in [6, 6.07) is 0. The second-order valence-electron chi connectivity index (χ2n) is 16.6. The van der Waals surface area contributed by atoms with E-state index >= 15 is 0 Å². The van der Waals surface area contributed by atoms with Gasteiger partial charge >= 0.3 is 6.16 Å². The number of nitrogens with one attached hydrogen (secondary N) is 4. The Balaban J connectivity index is 1.25. The zero-order chi connectivity index (χ0) is 34.9. The summed E-state index contributed by atoms with van der Waals surface area (Å²) in [5.41, 5.74) is 13.0. The van der Waals surface area contributed by atoms with Crippen LogP contribution in [0.25, 0.3) is 0 Å². The Morgan fingerprint density at radius 2 is 1.62 bits per heavy atom. The summed E-state index contributed by atoms with van der Waals surface area (Å²) in [4.78, 5) is 15.0. The molecular weight excluding hydrogens is 602 g/mol. The van der Waals surface area contributed by atoms with Crippen molar-refractivity contribution in [2.45, 2.75) is 124 Å². The zero-order valence-electron chi connectivity index (χ0n) is 30.9. The number of guanidine groups is 2. The molecule has 0 aromatic heterocycles. The summed E-state index contributed by atoms with van der Waals surface area (Å²) in [5.74, 6) is 4.85. The van der Waals surface area contributed by atoms with Crippen molar-refractivity contribution in [3.63, 3.8) is 0 Å². The van der Waals surface area contributed by atoms with Gasteiger partial charge in [-0.25, -0.2) is 4.79 Å². The average Bonchev–Trinajstić information content (AvgIpc) is 3.38.